The molecular formula is C19H27NO4. The highest BCUT2D eigenvalue weighted by Crippen LogP contribution is 2.20. The molecule has 0 aromatic carbocycles. The fourth-order valence-electron chi connectivity index (χ4n) is 2.26. The fourth-order valence-corrected chi connectivity index (χ4v) is 2.26. The number of nitrogens with one attached hydrogen (secondary N) is 1. The number of hydrogen-bond donors (Lipinski definition) is 3. The minimum Gasteiger partial charge on any atom is -0.387 e. The van der Waals surface area contributed by atoms with Gasteiger partial charge in [-0.15, -0.1) is 0 Å². The Balaban J connectivity index is 2.51. The summed E-state index contributed by atoms with van der Waals surface area (Å²) in [5, 5.41) is 20.5. The number of aldehydes is 1. The molecule has 0 radical (unpaired) electrons. The Bertz CT molecular complexity index is 585. The molecule has 0 aliphatic heterocycles. The van der Waals surface area contributed by atoms with Crippen LogP contribution in [0, 0.1) is 5.92 Å². The molecule has 3 unspecified atom stereocenters. The average Bonchev–Trinajstić information content (AvgIpc) is 3.06. The number of Topliss-reactive ketones (excluding diaryl/α,β-unsaturated/α-hetero) is 1. The molecule has 0 amide bonds. The molecule has 24 heavy (non-hydrogen) atoms. The fraction of sp³-hybridized carbons (Fsp3) is 0.474. The third kappa shape index (κ3) is 6.64. The van der Waals surface area contributed by atoms with Crippen LogP contribution in [0.4, 0.5) is 0 Å². The summed E-state index contributed by atoms with van der Waals surface area (Å²) in [5.41, 5.74) is -0.119. The second-order valence-corrected chi connectivity index (χ2v) is 6.48. The third-order valence-corrected chi connectivity index (χ3v) is 3.97. The number of carbonyl (C=O) groups is 2. The standard InChI is InChI=1S/C19H27NO4/c1-14(12-17(22)16-7-5-11-20-16)8-9-18(23)19(3,24)10-4-6-15(2)13-21/h5-9,11,13-14,18,20,23-24H,4,10,12H2,1-3H3/b9-8+,15-6+. The van der Waals surface area contributed by atoms with Crippen LogP contribution in [0.2, 0.25) is 0 Å². The van der Waals surface area contributed by atoms with Crippen LogP contribution in [0.3, 0.4) is 0 Å². The lowest BCUT2D eigenvalue weighted by atomic mass is 9.91. The minimum atomic E-state index is -1.29. The van der Waals surface area contributed by atoms with Crippen LogP contribution in [0.5, 0.6) is 0 Å². The van der Waals surface area contributed by atoms with Crippen molar-refractivity contribution in [1.29, 1.82) is 0 Å². The van der Waals surface area contributed by atoms with E-state index in [-0.39, 0.29) is 11.7 Å². The van der Waals surface area contributed by atoms with Gasteiger partial charge >= 0.3 is 0 Å². The molecule has 3 atom stereocenters. The van der Waals surface area contributed by atoms with E-state index in [1.807, 2.05) is 6.92 Å². The van der Waals surface area contributed by atoms with Crippen molar-refractivity contribution in [3.8, 4) is 0 Å². The van der Waals surface area contributed by atoms with E-state index in [1.165, 1.54) is 6.08 Å². The van der Waals surface area contributed by atoms with Gasteiger partial charge in [0.05, 0.1) is 11.3 Å². The summed E-state index contributed by atoms with van der Waals surface area (Å²) in [5.74, 6) is -0.0451. The summed E-state index contributed by atoms with van der Waals surface area (Å²) < 4.78 is 0. The first-order valence-electron chi connectivity index (χ1n) is 8.13. The molecule has 0 saturated heterocycles. The van der Waals surface area contributed by atoms with Gasteiger partial charge in [-0.05, 0) is 50.3 Å². The summed E-state index contributed by atoms with van der Waals surface area (Å²) in [7, 11) is 0. The molecular weight excluding hydrogens is 306 g/mol. The SMILES string of the molecule is C/C(C=O)=C\CCC(C)(O)C(O)/C=C/C(C)CC(=O)c1ccc[nH]1. The number of aromatic nitrogens is 1. The van der Waals surface area contributed by atoms with E-state index >= 15 is 0 Å². The zero-order chi connectivity index (χ0) is 18.2. The van der Waals surface area contributed by atoms with Gasteiger partial charge in [-0.3, -0.25) is 9.59 Å². The maximum Gasteiger partial charge on any atom is 0.179 e. The monoisotopic (exact) mass is 333 g/mol. The van der Waals surface area contributed by atoms with Crippen molar-refractivity contribution in [1.82, 2.24) is 4.98 Å². The molecule has 1 aromatic rings. The van der Waals surface area contributed by atoms with E-state index in [4.69, 9.17) is 0 Å². The van der Waals surface area contributed by atoms with Crippen molar-refractivity contribution in [2.24, 2.45) is 5.92 Å². The van der Waals surface area contributed by atoms with Gasteiger partial charge in [0.1, 0.15) is 12.4 Å². The molecule has 1 aromatic heterocycles. The van der Waals surface area contributed by atoms with E-state index in [9.17, 15) is 19.8 Å². The molecule has 0 aliphatic rings. The maximum absolute atomic E-state index is 12.0. The van der Waals surface area contributed by atoms with Crippen LogP contribution in [0.15, 0.2) is 42.1 Å². The highest BCUT2D eigenvalue weighted by atomic mass is 16.3. The molecule has 0 bridgehead atoms. The summed E-state index contributed by atoms with van der Waals surface area (Å²) in [6.07, 6.45) is 7.59. The molecule has 1 heterocycles. The molecule has 1 rings (SSSR count). The Hall–Kier alpha value is -1.98. The van der Waals surface area contributed by atoms with Crippen LogP contribution in [0.1, 0.15) is 50.5 Å². The first-order chi connectivity index (χ1) is 11.3. The highest BCUT2D eigenvalue weighted by Gasteiger charge is 2.27. The van der Waals surface area contributed by atoms with Crippen molar-refractivity contribution in [2.75, 3.05) is 0 Å². The molecule has 5 nitrogen and oxygen atoms in total. The lowest BCUT2D eigenvalue weighted by Crippen LogP contribution is -2.37. The van der Waals surface area contributed by atoms with Gasteiger partial charge in [0, 0.05) is 12.6 Å². The van der Waals surface area contributed by atoms with E-state index < -0.39 is 11.7 Å². The first kappa shape index (κ1) is 20.1. The number of hydrogen-bond acceptors (Lipinski definition) is 4. The minimum absolute atomic E-state index is 0.00729. The van der Waals surface area contributed by atoms with Crippen molar-refractivity contribution in [3.63, 3.8) is 0 Å². The second kappa shape index (κ2) is 9.35. The van der Waals surface area contributed by atoms with E-state index in [0.29, 0.717) is 30.5 Å². The van der Waals surface area contributed by atoms with Gasteiger partial charge < -0.3 is 15.2 Å². The number of ketones is 1. The summed E-state index contributed by atoms with van der Waals surface area (Å²) in [6, 6.07) is 3.50. The zero-order valence-electron chi connectivity index (χ0n) is 14.5. The van der Waals surface area contributed by atoms with Gasteiger partial charge in [0.25, 0.3) is 0 Å². The predicted octanol–water partition coefficient (Wildman–Crippen LogP) is 2.82. The van der Waals surface area contributed by atoms with Gasteiger partial charge in [-0.2, -0.15) is 0 Å². The van der Waals surface area contributed by atoms with E-state index in [1.54, 1.807) is 44.3 Å². The highest BCUT2D eigenvalue weighted by molar-refractivity contribution is 5.94. The second-order valence-electron chi connectivity index (χ2n) is 6.48. The van der Waals surface area contributed by atoms with Crippen molar-refractivity contribution in [3.05, 3.63) is 47.8 Å². The average molecular weight is 333 g/mol. The molecule has 3 N–H and O–H groups in total. The summed E-state index contributed by atoms with van der Waals surface area (Å²) >= 11 is 0. The summed E-state index contributed by atoms with van der Waals surface area (Å²) in [6.45, 7) is 5.14. The van der Waals surface area contributed by atoms with Crippen LogP contribution in [-0.2, 0) is 4.79 Å². The number of H-pyrrole nitrogens is 1. The topological polar surface area (TPSA) is 90.4 Å². The molecule has 132 valence electrons. The van der Waals surface area contributed by atoms with Crippen molar-refractivity contribution >= 4 is 12.1 Å². The van der Waals surface area contributed by atoms with Crippen molar-refractivity contribution < 1.29 is 19.8 Å². The lowest BCUT2D eigenvalue weighted by molar-refractivity contribution is -0.104. The molecule has 0 aliphatic carbocycles. The van der Waals surface area contributed by atoms with Gasteiger partial charge in [-0.1, -0.05) is 25.2 Å². The smallest absolute Gasteiger partial charge is 0.179 e. The van der Waals surface area contributed by atoms with Gasteiger partial charge in [-0.25, -0.2) is 0 Å². The largest absolute Gasteiger partial charge is 0.387 e. The number of carbonyl (C=O) groups excluding carboxylic acids is 2. The lowest BCUT2D eigenvalue weighted by Gasteiger charge is -2.27. The molecule has 5 heteroatoms. The summed E-state index contributed by atoms with van der Waals surface area (Å²) in [4.78, 5) is 25.4. The number of aromatic amines is 1. The Morgan fingerprint density at radius 1 is 1.42 bits per heavy atom. The van der Waals surface area contributed by atoms with Gasteiger partial charge in [0.2, 0.25) is 0 Å². The molecule has 0 spiro atoms. The van der Waals surface area contributed by atoms with Crippen LogP contribution in [-0.4, -0.2) is 39.0 Å². The Kier molecular flexibility index (Phi) is 7.82. The van der Waals surface area contributed by atoms with Crippen molar-refractivity contribution in [2.45, 2.75) is 51.7 Å². The number of allylic oxidation sites excluding steroid dienone is 3. The number of aliphatic hydroxyl groups is 2. The number of rotatable bonds is 10. The Morgan fingerprint density at radius 3 is 2.71 bits per heavy atom. The van der Waals surface area contributed by atoms with E-state index in [2.05, 4.69) is 4.98 Å². The molecule has 0 fully saturated rings. The van der Waals surface area contributed by atoms with Crippen LogP contribution in [0.25, 0.3) is 0 Å². The Labute approximate surface area is 143 Å². The molecule has 0 saturated carbocycles. The van der Waals surface area contributed by atoms with Gasteiger partial charge in [0.15, 0.2) is 5.78 Å². The predicted molar refractivity (Wildman–Crippen MR) is 93.7 cm³/mol. The maximum atomic E-state index is 12.0. The van der Waals surface area contributed by atoms with Crippen LogP contribution >= 0.6 is 0 Å². The first-order valence-corrected chi connectivity index (χ1v) is 8.13. The number of aliphatic hydroxyl groups excluding tert-OH is 1. The normalized spacial score (nSPS) is 17.5. The van der Waals surface area contributed by atoms with E-state index in [0.717, 1.165) is 6.29 Å². The zero-order valence-corrected chi connectivity index (χ0v) is 14.5. The quantitative estimate of drug-likeness (QED) is 0.266. The van der Waals surface area contributed by atoms with Crippen LogP contribution < -0.4 is 0 Å². The third-order valence-electron chi connectivity index (χ3n) is 3.97. The Morgan fingerprint density at radius 2 is 2.12 bits per heavy atom.